The van der Waals surface area contributed by atoms with Gasteiger partial charge < -0.3 is 21.1 Å². The standard InChI is InChI=1S/C21H20N4O5S/c22-17(27)16-11-4-3-7-14(11)31-18(16)23-15(26)10-25-19(28)21(24-20(25)29)8-9-30-13-6-2-1-5-12(13)21/h1-2,5-6H,3-4,7-10H2,(H2,22,27)(H,23,26)(H,24,29)/t21-/m0/s1. The fourth-order valence-corrected chi connectivity index (χ4v) is 5.89. The van der Waals surface area contributed by atoms with Gasteiger partial charge in [-0.3, -0.25) is 19.3 Å². The number of benzene rings is 1. The van der Waals surface area contributed by atoms with Crippen molar-refractivity contribution < 1.29 is 23.9 Å². The van der Waals surface area contributed by atoms with E-state index < -0.39 is 35.8 Å². The number of thiophene rings is 1. The lowest BCUT2D eigenvalue weighted by atomic mass is 9.84. The molecule has 5 amide bonds. The van der Waals surface area contributed by atoms with Gasteiger partial charge in [0.05, 0.1) is 12.2 Å². The maximum atomic E-state index is 13.3. The van der Waals surface area contributed by atoms with Gasteiger partial charge in [0.1, 0.15) is 17.3 Å². The van der Waals surface area contributed by atoms with Gasteiger partial charge in [0.15, 0.2) is 5.54 Å². The Balaban J connectivity index is 1.37. The van der Waals surface area contributed by atoms with Crippen LogP contribution in [0.3, 0.4) is 0 Å². The van der Waals surface area contributed by atoms with Gasteiger partial charge in [-0.05, 0) is 30.9 Å². The molecule has 9 nitrogen and oxygen atoms in total. The molecule has 10 heteroatoms. The first-order valence-corrected chi connectivity index (χ1v) is 10.8. The summed E-state index contributed by atoms with van der Waals surface area (Å²) >= 11 is 1.32. The highest BCUT2D eigenvalue weighted by molar-refractivity contribution is 7.17. The van der Waals surface area contributed by atoms with Crippen molar-refractivity contribution in [2.75, 3.05) is 18.5 Å². The molecule has 0 saturated carbocycles. The highest BCUT2D eigenvalue weighted by Crippen LogP contribution is 2.41. The van der Waals surface area contributed by atoms with E-state index in [0.29, 0.717) is 21.9 Å². The largest absolute Gasteiger partial charge is 0.493 e. The van der Waals surface area contributed by atoms with Gasteiger partial charge in [-0.25, -0.2) is 4.79 Å². The molecule has 31 heavy (non-hydrogen) atoms. The molecule has 3 heterocycles. The summed E-state index contributed by atoms with van der Waals surface area (Å²) in [5.41, 5.74) is 6.09. The average Bonchev–Trinajstić information content (AvgIpc) is 3.37. The number of rotatable bonds is 4. The normalized spacial score (nSPS) is 21.5. The fourth-order valence-electron chi connectivity index (χ4n) is 4.58. The maximum Gasteiger partial charge on any atom is 0.325 e. The van der Waals surface area contributed by atoms with Crippen LogP contribution in [0.2, 0.25) is 0 Å². The summed E-state index contributed by atoms with van der Waals surface area (Å²) in [5, 5.41) is 5.82. The van der Waals surface area contributed by atoms with Crippen molar-refractivity contribution in [1.82, 2.24) is 10.2 Å². The Morgan fingerprint density at radius 1 is 1.26 bits per heavy atom. The summed E-state index contributed by atoms with van der Waals surface area (Å²) < 4.78 is 5.61. The molecule has 1 fully saturated rings. The van der Waals surface area contributed by atoms with Gasteiger partial charge in [0.25, 0.3) is 11.8 Å². The second kappa shape index (κ2) is 7.09. The van der Waals surface area contributed by atoms with Gasteiger partial charge in [-0.1, -0.05) is 18.2 Å². The Labute approximate surface area is 181 Å². The van der Waals surface area contributed by atoms with Crippen molar-refractivity contribution >= 4 is 40.1 Å². The third-order valence-electron chi connectivity index (χ3n) is 5.98. The second-order valence-electron chi connectivity index (χ2n) is 7.80. The van der Waals surface area contributed by atoms with Crippen LogP contribution in [-0.2, 0) is 28.0 Å². The van der Waals surface area contributed by atoms with Crippen molar-refractivity contribution in [2.45, 2.75) is 31.2 Å². The number of imide groups is 1. The number of nitrogens with two attached hydrogens (primary N) is 1. The first-order valence-electron chi connectivity index (χ1n) is 10.0. The first kappa shape index (κ1) is 19.6. The highest BCUT2D eigenvalue weighted by Gasteiger charge is 2.55. The average molecular weight is 440 g/mol. The van der Waals surface area contributed by atoms with E-state index in [1.165, 1.54) is 11.3 Å². The molecule has 0 bridgehead atoms. The molecule has 1 aliphatic carbocycles. The van der Waals surface area contributed by atoms with Crippen LogP contribution in [0.4, 0.5) is 9.80 Å². The van der Waals surface area contributed by atoms with Crippen molar-refractivity contribution in [3.05, 3.63) is 45.8 Å². The van der Waals surface area contributed by atoms with Crippen molar-refractivity contribution in [2.24, 2.45) is 5.73 Å². The molecule has 160 valence electrons. The topological polar surface area (TPSA) is 131 Å². The zero-order valence-electron chi connectivity index (χ0n) is 16.5. The number of hydrogen-bond acceptors (Lipinski definition) is 6. The Hall–Kier alpha value is -3.40. The van der Waals surface area contributed by atoms with Crippen LogP contribution in [0.15, 0.2) is 24.3 Å². The molecule has 4 N–H and O–H groups in total. The van der Waals surface area contributed by atoms with Crippen molar-refractivity contribution in [3.8, 4) is 5.75 Å². The number of anilines is 1. The Bertz CT molecular complexity index is 1140. The molecule has 1 saturated heterocycles. The van der Waals surface area contributed by atoms with E-state index >= 15 is 0 Å². The Morgan fingerprint density at radius 2 is 2.06 bits per heavy atom. The summed E-state index contributed by atoms with van der Waals surface area (Å²) in [6.07, 6.45) is 2.81. The van der Waals surface area contributed by atoms with Crippen LogP contribution >= 0.6 is 11.3 Å². The van der Waals surface area contributed by atoms with Gasteiger partial charge in [-0.2, -0.15) is 0 Å². The number of nitrogens with one attached hydrogen (secondary N) is 2. The van der Waals surface area contributed by atoms with E-state index in [1.807, 2.05) is 0 Å². The van der Waals surface area contributed by atoms with E-state index in [0.717, 1.165) is 34.6 Å². The van der Waals surface area contributed by atoms with Crippen LogP contribution in [0.1, 0.15) is 39.2 Å². The lowest BCUT2D eigenvalue weighted by molar-refractivity contribution is -0.135. The zero-order valence-corrected chi connectivity index (χ0v) is 17.3. The minimum atomic E-state index is -1.24. The zero-order chi connectivity index (χ0) is 21.8. The fraction of sp³-hybridized carbons (Fsp3) is 0.333. The molecular formula is C21H20N4O5S. The minimum absolute atomic E-state index is 0.270. The number of urea groups is 1. The van der Waals surface area contributed by atoms with E-state index in [2.05, 4.69) is 10.6 Å². The predicted molar refractivity (Wildman–Crippen MR) is 112 cm³/mol. The highest BCUT2D eigenvalue weighted by atomic mass is 32.1. The number of nitrogens with zero attached hydrogens (tertiary/aromatic N) is 1. The smallest absolute Gasteiger partial charge is 0.325 e. The van der Waals surface area contributed by atoms with E-state index in [9.17, 15) is 19.2 Å². The summed E-state index contributed by atoms with van der Waals surface area (Å²) in [7, 11) is 0. The molecule has 3 aliphatic rings. The Kier molecular flexibility index (Phi) is 4.47. The quantitative estimate of drug-likeness (QED) is 0.620. The summed E-state index contributed by atoms with van der Waals surface area (Å²) in [5.74, 6) is -1.12. The van der Waals surface area contributed by atoms with Crippen LogP contribution < -0.4 is 21.1 Å². The van der Waals surface area contributed by atoms with Crippen LogP contribution in [0.25, 0.3) is 0 Å². The summed E-state index contributed by atoms with van der Waals surface area (Å²) in [6.45, 7) is -0.192. The van der Waals surface area contributed by atoms with Gasteiger partial charge in [-0.15, -0.1) is 11.3 Å². The molecule has 2 aromatic rings. The molecule has 2 aliphatic heterocycles. The van der Waals surface area contributed by atoms with Gasteiger partial charge in [0, 0.05) is 16.9 Å². The molecular weight excluding hydrogens is 420 g/mol. The van der Waals surface area contributed by atoms with Gasteiger partial charge in [0.2, 0.25) is 5.91 Å². The number of carbonyl (C=O) groups excluding carboxylic acids is 4. The number of primary amides is 1. The second-order valence-corrected chi connectivity index (χ2v) is 8.90. The number of para-hydroxylation sites is 1. The van der Waals surface area contributed by atoms with Crippen molar-refractivity contribution in [1.29, 1.82) is 0 Å². The molecule has 0 unspecified atom stereocenters. The number of hydrogen-bond donors (Lipinski definition) is 3. The van der Waals surface area contributed by atoms with Crippen LogP contribution in [0.5, 0.6) is 5.75 Å². The van der Waals surface area contributed by atoms with Crippen LogP contribution in [-0.4, -0.2) is 41.8 Å². The number of aryl methyl sites for hydroxylation is 1. The molecule has 0 radical (unpaired) electrons. The SMILES string of the molecule is NC(=O)c1c(NC(=O)CN2C(=O)N[C@]3(CCOc4ccccc43)C2=O)sc2c1CCC2. The number of fused-ring (bicyclic) bond motifs is 3. The van der Waals surface area contributed by atoms with Crippen molar-refractivity contribution in [3.63, 3.8) is 0 Å². The van der Waals surface area contributed by atoms with E-state index in [1.54, 1.807) is 24.3 Å². The van der Waals surface area contributed by atoms with E-state index in [4.69, 9.17) is 10.5 Å². The maximum absolute atomic E-state index is 13.3. The molecule has 1 spiro atoms. The minimum Gasteiger partial charge on any atom is -0.493 e. The molecule has 1 aromatic carbocycles. The monoisotopic (exact) mass is 440 g/mol. The lowest BCUT2D eigenvalue weighted by Crippen LogP contribution is -2.48. The lowest BCUT2D eigenvalue weighted by Gasteiger charge is -2.33. The Morgan fingerprint density at radius 3 is 2.87 bits per heavy atom. The third kappa shape index (κ3) is 2.97. The summed E-state index contributed by atoms with van der Waals surface area (Å²) in [6, 6.07) is 6.40. The predicted octanol–water partition coefficient (Wildman–Crippen LogP) is 1.50. The number of amides is 5. The third-order valence-corrected chi connectivity index (χ3v) is 7.19. The van der Waals surface area contributed by atoms with Gasteiger partial charge >= 0.3 is 6.03 Å². The van der Waals surface area contributed by atoms with E-state index in [-0.39, 0.29) is 13.0 Å². The first-order chi connectivity index (χ1) is 14.9. The van der Waals surface area contributed by atoms with Crippen LogP contribution in [0, 0.1) is 0 Å². The molecule has 1 atom stereocenters. The number of ether oxygens (including phenoxy) is 1. The summed E-state index contributed by atoms with van der Waals surface area (Å²) in [4.78, 5) is 52.5. The number of carbonyl (C=O) groups is 4. The molecule has 1 aromatic heterocycles. The molecule has 5 rings (SSSR count).